The molecule has 5 heteroatoms. The molecule has 1 fully saturated rings. The highest BCUT2D eigenvalue weighted by Gasteiger charge is 2.37. The number of hydrogen-bond donors (Lipinski definition) is 3. The normalized spacial score (nSPS) is 16.6. The molecule has 1 aromatic rings. The lowest BCUT2D eigenvalue weighted by Gasteiger charge is -2.26. The molecule has 114 valence electrons. The van der Waals surface area contributed by atoms with E-state index in [9.17, 15) is 14.7 Å². The molecule has 0 aliphatic heterocycles. The first kappa shape index (κ1) is 15.4. The van der Waals surface area contributed by atoms with Crippen molar-refractivity contribution in [3.8, 4) is 5.75 Å². The van der Waals surface area contributed by atoms with E-state index in [4.69, 9.17) is 5.11 Å². The van der Waals surface area contributed by atoms with Crippen LogP contribution >= 0.6 is 0 Å². The lowest BCUT2D eigenvalue weighted by Crippen LogP contribution is -2.31. The van der Waals surface area contributed by atoms with E-state index in [0.717, 1.165) is 25.7 Å². The first-order valence-corrected chi connectivity index (χ1v) is 7.26. The minimum Gasteiger partial charge on any atom is -0.508 e. The fourth-order valence-corrected chi connectivity index (χ4v) is 3.12. The van der Waals surface area contributed by atoms with Gasteiger partial charge >= 0.3 is 5.97 Å². The number of hydrogen-bond acceptors (Lipinski definition) is 3. The zero-order chi connectivity index (χ0) is 15.3. The average Bonchev–Trinajstić information content (AvgIpc) is 2.85. The monoisotopic (exact) mass is 291 g/mol. The summed E-state index contributed by atoms with van der Waals surface area (Å²) in [5.41, 5.74) is 0.263. The van der Waals surface area contributed by atoms with Gasteiger partial charge in [-0.05, 0) is 24.3 Å². The Morgan fingerprint density at radius 3 is 2.43 bits per heavy atom. The number of nitrogens with one attached hydrogen (secondary N) is 1. The van der Waals surface area contributed by atoms with Gasteiger partial charge in [-0.15, -0.1) is 0 Å². The Labute approximate surface area is 124 Å². The van der Waals surface area contributed by atoms with Gasteiger partial charge in [0.25, 0.3) is 0 Å². The Balaban J connectivity index is 1.91. The molecule has 0 aromatic heterocycles. The number of carboxylic acid groups (broad SMARTS) is 1. The maximum Gasteiger partial charge on any atom is 0.303 e. The van der Waals surface area contributed by atoms with Crippen molar-refractivity contribution in [2.45, 2.75) is 45.1 Å². The number of phenols is 1. The van der Waals surface area contributed by atoms with Crippen molar-refractivity contribution in [1.29, 1.82) is 0 Å². The number of carbonyl (C=O) groups is 2. The number of amides is 1. The lowest BCUT2D eigenvalue weighted by atomic mass is 9.79. The summed E-state index contributed by atoms with van der Waals surface area (Å²) in [5, 5.41) is 21.5. The molecule has 1 aromatic carbocycles. The Morgan fingerprint density at radius 1 is 1.14 bits per heavy atom. The summed E-state index contributed by atoms with van der Waals surface area (Å²) in [6, 6.07) is 6.84. The molecule has 0 heterocycles. The zero-order valence-corrected chi connectivity index (χ0v) is 12.0. The van der Waals surface area contributed by atoms with Gasteiger partial charge in [0.05, 0.1) is 6.42 Å². The number of phenolic OH excluding ortho intramolecular Hbond substituents is 1. The maximum atomic E-state index is 12.1. The van der Waals surface area contributed by atoms with Crippen LogP contribution in [-0.2, 0) is 16.1 Å². The van der Waals surface area contributed by atoms with Crippen molar-refractivity contribution < 1.29 is 19.8 Å². The van der Waals surface area contributed by atoms with Crippen LogP contribution < -0.4 is 5.32 Å². The summed E-state index contributed by atoms with van der Waals surface area (Å²) in [6.45, 7) is 0.259. The second-order valence-electron chi connectivity index (χ2n) is 5.86. The molecule has 3 N–H and O–H groups in total. The fraction of sp³-hybridized carbons (Fsp3) is 0.500. The minimum atomic E-state index is -0.842. The quantitative estimate of drug-likeness (QED) is 0.751. The molecule has 1 saturated carbocycles. The number of aliphatic carboxylic acids is 1. The molecule has 2 rings (SSSR count). The number of carboxylic acids is 1. The summed E-state index contributed by atoms with van der Waals surface area (Å²) in [5.74, 6) is -0.842. The van der Waals surface area contributed by atoms with E-state index >= 15 is 0 Å². The van der Waals surface area contributed by atoms with Crippen molar-refractivity contribution in [3.05, 3.63) is 29.8 Å². The SMILES string of the molecule is O=C(O)CC1(CC(=O)NCc2ccccc2O)CCCC1. The third-order valence-corrected chi connectivity index (χ3v) is 4.19. The van der Waals surface area contributed by atoms with E-state index in [1.807, 2.05) is 0 Å². The third kappa shape index (κ3) is 4.21. The molecule has 0 bridgehead atoms. The molecule has 21 heavy (non-hydrogen) atoms. The summed E-state index contributed by atoms with van der Waals surface area (Å²) in [4.78, 5) is 23.1. The molecule has 0 unspecified atom stereocenters. The molecule has 0 atom stereocenters. The number of aromatic hydroxyl groups is 1. The summed E-state index contributed by atoms with van der Waals surface area (Å²) in [7, 11) is 0. The molecule has 1 amide bonds. The summed E-state index contributed by atoms with van der Waals surface area (Å²) >= 11 is 0. The van der Waals surface area contributed by atoms with Crippen LogP contribution in [0.25, 0.3) is 0 Å². The van der Waals surface area contributed by atoms with Gasteiger partial charge in [0, 0.05) is 18.5 Å². The van der Waals surface area contributed by atoms with Gasteiger partial charge in [0.2, 0.25) is 5.91 Å². The predicted molar refractivity (Wildman–Crippen MR) is 77.7 cm³/mol. The Morgan fingerprint density at radius 2 is 1.81 bits per heavy atom. The van der Waals surface area contributed by atoms with Gasteiger partial charge in [-0.3, -0.25) is 9.59 Å². The second kappa shape index (κ2) is 6.61. The molecular weight excluding hydrogens is 270 g/mol. The Kier molecular flexibility index (Phi) is 4.83. The Hall–Kier alpha value is -2.04. The van der Waals surface area contributed by atoms with E-state index in [-0.39, 0.29) is 31.0 Å². The van der Waals surface area contributed by atoms with Crippen molar-refractivity contribution in [2.75, 3.05) is 0 Å². The van der Waals surface area contributed by atoms with Crippen LogP contribution in [0.15, 0.2) is 24.3 Å². The van der Waals surface area contributed by atoms with Gasteiger partial charge in [-0.1, -0.05) is 31.0 Å². The number of carbonyl (C=O) groups excluding carboxylic acids is 1. The maximum absolute atomic E-state index is 12.1. The van der Waals surface area contributed by atoms with E-state index in [1.54, 1.807) is 24.3 Å². The van der Waals surface area contributed by atoms with E-state index in [2.05, 4.69) is 5.32 Å². The van der Waals surface area contributed by atoms with Crippen LogP contribution in [0.5, 0.6) is 5.75 Å². The van der Waals surface area contributed by atoms with Crippen LogP contribution in [0.1, 0.15) is 44.1 Å². The van der Waals surface area contributed by atoms with Crippen molar-refractivity contribution in [3.63, 3.8) is 0 Å². The lowest BCUT2D eigenvalue weighted by molar-refractivity contribution is -0.140. The van der Waals surface area contributed by atoms with Crippen molar-refractivity contribution in [1.82, 2.24) is 5.32 Å². The van der Waals surface area contributed by atoms with Gasteiger partial charge in [-0.25, -0.2) is 0 Å². The van der Waals surface area contributed by atoms with Gasteiger partial charge < -0.3 is 15.5 Å². The van der Waals surface area contributed by atoms with Crippen LogP contribution in [0.4, 0.5) is 0 Å². The molecule has 1 aliphatic carbocycles. The number of para-hydroxylation sites is 1. The van der Waals surface area contributed by atoms with Crippen molar-refractivity contribution in [2.24, 2.45) is 5.41 Å². The van der Waals surface area contributed by atoms with E-state index in [1.165, 1.54) is 0 Å². The first-order valence-electron chi connectivity index (χ1n) is 7.26. The zero-order valence-electron chi connectivity index (χ0n) is 12.0. The summed E-state index contributed by atoms with van der Waals surface area (Å²) in [6.07, 6.45) is 3.86. The largest absolute Gasteiger partial charge is 0.508 e. The number of rotatable bonds is 6. The molecule has 5 nitrogen and oxygen atoms in total. The molecule has 0 saturated heterocycles. The highest BCUT2D eigenvalue weighted by Crippen LogP contribution is 2.44. The molecule has 0 spiro atoms. The minimum absolute atomic E-state index is 0.0526. The second-order valence-corrected chi connectivity index (χ2v) is 5.86. The Bertz CT molecular complexity index is 521. The van der Waals surface area contributed by atoms with Crippen LogP contribution in [0.2, 0.25) is 0 Å². The molecule has 1 aliphatic rings. The third-order valence-electron chi connectivity index (χ3n) is 4.19. The van der Waals surface area contributed by atoms with E-state index in [0.29, 0.717) is 5.56 Å². The van der Waals surface area contributed by atoms with Gasteiger partial charge in [0.1, 0.15) is 5.75 Å². The van der Waals surface area contributed by atoms with E-state index < -0.39 is 11.4 Å². The molecule has 0 radical (unpaired) electrons. The summed E-state index contributed by atoms with van der Waals surface area (Å²) < 4.78 is 0. The average molecular weight is 291 g/mol. The van der Waals surface area contributed by atoms with Gasteiger partial charge in [-0.2, -0.15) is 0 Å². The molecular formula is C16H21NO4. The van der Waals surface area contributed by atoms with Crippen LogP contribution in [0, 0.1) is 5.41 Å². The van der Waals surface area contributed by atoms with Crippen LogP contribution in [-0.4, -0.2) is 22.1 Å². The smallest absolute Gasteiger partial charge is 0.303 e. The highest BCUT2D eigenvalue weighted by atomic mass is 16.4. The topological polar surface area (TPSA) is 86.6 Å². The fourth-order valence-electron chi connectivity index (χ4n) is 3.12. The highest BCUT2D eigenvalue weighted by molar-refractivity contribution is 5.78. The van der Waals surface area contributed by atoms with Crippen LogP contribution in [0.3, 0.4) is 0 Å². The standard InChI is InChI=1S/C16H21NO4/c18-13-6-2-1-5-12(13)11-17-14(19)9-16(10-15(20)21)7-3-4-8-16/h1-2,5-6,18H,3-4,7-11H2,(H,17,19)(H,20,21). The predicted octanol–water partition coefficient (Wildman–Crippen LogP) is 2.43. The van der Waals surface area contributed by atoms with Crippen molar-refractivity contribution >= 4 is 11.9 Å². The number of benzene rings is 1. The first-order chi connectivity index (χ1) is 10.0. The van der Waals surface area contributed by atoms with Gasteiger partial charge in [0.15, 0.2) is 0 Å².